The zero-order valence-electron chi connectivity index (χ0n) is 16.2. The predicted molar refractivity (Wildman–Crippen MR) is 106 cm³/mol. The number of methoxy groups -OCH3 is 2. The Morgan fingerprint density at radius 2 is 1.93 bits per heavy atom. The van der Waals surface area contributed by atoms with Crippen molar-refractivity contribution >= 4 is 23.3 Å². The van der Waals surface area contributed by atoms with Gasteiger partial charge in [0.1, 0.15) is 11.5 Å². The van der Waals surface area contributed by atoms with E-state index in [1.165, 1.54) is 0 Å². The van der Waals surface area contributed by atoms with Crippen molar-refractivity contribution in [3.63, 3.8) is 0 Å². The predicted octanol–water partition coefficient (Wildman–Crippen LogP) is 2.86. The molecule has 0 bridgehead atoms. The van der Waals surface area contributed by atoms with Crippen LogP contribution in [0.1, 0.15) is 12.0 Å². The number of para-hydroxylation sites is 1. The second-order valence-corrected chi connectivity index (χ2v) is 7.13. The van der Waals surface area contributed by atoms with E-state index in [0.29, 0.717) is 36.7 Å². The molecule has 3 amide bonds. The molecule has 0 aliphatic carbocycles. The zero-order valence-corrected chi connectivity index (χ0v) is 16.2. The Hall–Kier alpha value is -3.22. The Balaban J connectivity index is 1.55. The zero-order chi connectivity index (χ0) is 19.9. The highest BCUT2D eigenvalue weighted by molar-refractivity contribution is 6.08. The number of hydrogen-bond acceptors (Lipinski definition) is 4. The van der Waals surface area contributed by atoms with Gasteiger partial charge >= 0.3 is 6.03 Å². The standard InChI is InChI=1S/C21H23N3O4/c1-23-17-7-5-4-6-15(17)21(19(23)25)10-11-24(13-21)20(26)22-16-9-8-14(27-2)12-18(16)28-3/h4-9,12H,10-11,13H2,1-3H3,(H,22,26). The average molecular weight is 381 g/mol. The monoisotopic (exact) mass is 381 g/mol. The molecule has 0 saturated carbocycles. The lowest BCUT2D eigenvalue weighted by Gasteiger charge is -2.24. The minimum atomic E-state index is -0.660. The van der Waals surface area contributed by atoms with Crippen LogP contribution >= 0.6 is 0 Å². The highest BCUT2D eigenvalue weighted by atomic mass is 16.5. The number of fused-ring (bicyclic) bond motifs is 2. The summed E-state index contributed by atoms with van der Waals surface area (Å²) in [5.74, 6) is 1.21. The number of benzene rings is 2. The Bertz CT molecular complexity index is 945. The first-order chi connectivity index (χ1) is 13.5. The lowest BCUT2D eigenvalue weighted by Crippen LogP contribution is -2.42. The number of carbonyl (C=O) groups excluding carboxylic acids is 2. The van der Waals surface area contributed by atoms with Crippen LogP contribution < -0.4 is 19.7 Å². The molecule has 1 atom stereocenters. The number of likely N-dealkylation sites (tertiary alicyclic amines) is 1. The minimum Gasteiger partial charge on any atom is -0.497 e. The number of nitrogens with one attached hydrogen (secondary N) is 1. The van der Waals surface area contributed by atoms with Gasteiger partial charge in [-0.2, -0.15) is 0 Å². The van der Waals surface area contributed by atoms with Gasteiger partial charge < -0.3 is 24.6 Å². The molecule has 2 aliphatic rings. The molecule has 1 fully saturated rings. The van der Waals surface area contributed by atoms with Gasteiger partial charge in [-0.25, -0.2) is 4.79 Å². The molecule has 1 saturated heterocycles. The summed E-state index contributed by atoms with van der Waals surface area (Å²) in [6.07, 6.45) is 0.611. The van der Waals surface area contributed by atoms with Crippen LogP contribution in [-0.4, -0.2) is 51.2 Å². The summed E-state index contributed by atoms with van der Waals surface area (Å²) >= 11 is 0. The van der Waals surface area contributed by atoms with E-state index >= 15 is 0 Å². The summed E-state index contributed by atoms with van der Waals surface area (Å²) in [6.45, 7) is 0.871. The van der Waals surface area contributed by atoms with Crippen LogP contribution in [0.3, 0.4) is 0 Å². The van der Waals surface area contributed by atoms with Gasteiger partial charge in [0.15, 0.2) is 0 Å². The fourth-order valence-electron chi connectivity index (χ4n) is 4.19. The molecule has 7 nitrogen and oxygen atoms in total. The third-order valence-corrected chi connectivity index (χ3v) is 5.70. The molecule has 0 aromatic heterocycles. The fourth-order valence-corrected chi connectivity index (χ4v) is 4.19. The summed E-state index contributed by atoms with van der Waals surface area (Å²) < 4.78 is 10.5. The maximum atomic E-state index is 13.0. The van der Waals surface area contributed by atoms with Gasteiger partial charge in [0.25, 0.3) is 0 Å². The Kier molecular flexibility index (Phi) is 4.37. The van der Waals surface area contributed by atoms with Crippen molar-refractivity contribution in [1.82, 2.24) is 4.90 Å². The number of nitrogens with zero attached hydrogens (tertiary/aromatic N) is 2. The van der Waals surface area contributed by atoms with Crippen molar-refractivity contribution in [3.05, 3.63) is 48.0 Å². The first-order valence-electron chi connectivity index (χ1n) is 9.16. The molecule has 4 rings (SSSR count). The summed E-state index contributed by atoms with van der Waals surface area (Å²) in [5, 5.41) is 2.89. The van der Waals surface area contributed by atoms with Crippen LogP contribution in [0.4, 0.5) is 16.2 Å². The van der Waals surface area contributed by atoms with Gasteiger partial charge in [-0.05, 0) is 30.2 Å². The van der Waals surface area contributed by atoms with E-state index in [1.807, 2.05) is 24.3 Å². The lowest BCUT2D eigenvalue weighted by molar-refractivity contribution is -0.122. The molecular weight excluding hydrogens is 358 g/mol. The number of carbonyl (C=O) groups is 2. The van der Waals surface area contributed by atoms with Crippen molar-refractivity contribution in [2.75, 3.05) is 44.6 Å². The van der Waals surface area contributed by atoms with Crippen molar-refractivity contribution in [1.29, 1.82) is 0 Å². The van der Waals surface area contributed by atoms with Crippen molar-refractivity contribution in [2.45, 2.75) is 11.8 Å². The normalized spacial score (nSPS) is 20.5. The quantitative estimate of drug-likeness (QED) is 0.888. The third kappa shape index (κ3) is 2.66. The Labute approximate surface area is 163 Å². The number of hydrogen-bond donors (Lipinski definition) is 1. The molecule has 2 aromatic carbocycles. The molecule has 1 N–H and O–H groups in total. The lowest BCUT2D eigenvalue weighted by atomic mass is 9.81. The molecule has 146 valence electrons. The van der Waals surface area contributed by atoms with Crippen molar-refractivity contribution in [2.24, 2.45) is 0 Å². The molecule has 0 radical (unpaired) electrons. The SMILES string of the molecule is COc1ccc(NC(=O)N2CCC3(C2)C(=O)N(C)c2ccccc23)c(OC)c1. The fraction of sp³-hybridized carbons (Fsp3) is 0.333. The van der Waals surface area contributed by atoms with E-state index in [2.05, 4.69) is 5.32 Å². The number of rotatable bonds is 3. The summed E-state index contributed by atoms with van der Waals surface area (Å²) in [4.78, 5) is 29.3. The van der Waals surface area contributed by atoms with E-state index < -0.39 is 5.41 Å². The second kappa shape index (κ2) is 6.74. The van der Waals surface area contributed by atoms with Crippen LogP contribution in [0, 0.1) is 0 Å². The van der Waals surface area contributed by atoms with Crippen molar-refractivity contribution < 1.29 is 19.1 Å². The van der Waals surface area contributed by atoms with Gasteiger partial charge in [-0.15, -0.1) is 0 Å². The number of urea groups is 1. The van der Waals surface area contributed by atoms with E-state index in [0.717, 1.165) is 11.3 Å². The second-order valence-electron chi connectivity index (χ2n) is 7.13. The summed E-state index contributed by atoms with van der Waals surface area (Å²) in [6, 6.07) is 12.8. The van der Waals surface area contributed by atoms with Crippen LogP contribution in [0.5, 0.6) is 11.5 Å². The third-order valence-electron chi connectivity index (χ3n) is 5.70. The van der Waals surface area contributed by atoms with Gasteiger partial charge in [-0.1, -0.05) is 18.2 Å². The Morgan fingerprint density at radius 3 is 2.68 bits per heavy atom. The van der Waals surface area contributed by atoms with Gasteiger partial charge in [0, 0.05) is 31.9 Å². The van der Waals surface area contributed by atoms with Crippen molar-refractivity contribution in [3.8, 4) is 11.5 Å². The average Bonchev–Trinajstić information content (AvgIpc) is 3.26. The van der Waals surface area contributed by atoms with Crippen LogP contribution in [0.25, 0.3) is 0 Å². The Morgan fingerprint density at radius 1 is 1.14 bits per heavy atom. The number of anilines is 2. The van der Waals surface area contributed by atoms with E-state index in [-0.39, 0.29) is 11.9 Å². The van der Waals surface area contributed by atoms with Crippen LogP contribution in [0.2, 0.25) is 0 Å². The maximum Gasteiger partial charge on any atom is 0.321 e. The molecule has 28 heavy (non-hydrogen) atoms. The largest absolute Gasteiger partial charge is 0.497 e. The summed E-state index contributed by atoms with van der Waals surface area (Å²) in [7, 11) is 4.91. The van der Waals surface area contributed by atoms with Gasteiger partial charge in [-0.3, -0.25) is 4.79 Å². The number of ether oxygens (including phenoxy) is 2. The molecule has 7 heteroatoms. The summed E-state index contributed by atoms with van der Waals surface area (Å²) in [5.41, 5.74) is 1.82. The topological polar surface area (TPSA) is 71.1 Å². The van der Waals surface area contributed by atoms with Crippen LogP contribution in [0.15, 0.2) is 42.5 Å². The van der Waals surface area contributed by atoms with Gasteiger partial charge in [0.05, 0.1) is 25.3 Å². The highest BCUT2D eigenvalue weighted by Crippen LogP contribution is 2.46. The molecule has 2 aliphatic heterocycles. The minimum absolute atomic E-state index is 0.0472. The van der Waals surface area contributed by atoms with E-state index in [9.17, 15) is 9.59 Å². The first kappa shape index (κ1) is 18.2. The first-order valence-corrected chi connectivity index (χ1v) is 9.16. The molecule has 1 unspecified atom stereocenters. The van der Waals surface area contributed by atoms with Crippen LogP contribution in [-0.2, 0) is 10.2 Å². The highest BCUT2D eigenvalue weighted by Gasteiger charge is 2.54. The molecular formula is C21H23N3O4. The number of amides is 3. The molecule has 1 spiro atoms. The van der Waals surface area contributed by atoms with Gasteiger partial charge in [0.2, 0.25) is 5.91 Å². The molecule has 2 heterocycles. The molecule has 2 aromatic rings. The van der Waals surface area contributed by atoms with E-state index in [1.54, 1.807) is 49.3 Å². The maximum absolute atomic E-state index is 13.0. The number of likely N-dealkylation sites (N-methyl/N-ethyl adjacent to an activating group) is 1. The van der Waals surface area contributed by atoms with E-state index in [4.69, 9.17) is 9.47 Å². The smallest absolute Gasteiger partial charge is 0.321 e.